The molecule has 0 spiro atoms. The second-order valence-electron chi connectivity index (χ2n) is 5.04. The molecule has 0 fully saturated rings. The van der Waals surface area contributed by atoms with E-state index in [1.807, 2.05) is 31.2 Å². The number of nitrogens with two attached hydrogens (primary N) is 1. The highest BCUT2D eigenvalue weighted by atomic mass is 19.1. The van der Waals surface area contributed by atoms with E-state index in [-0.39, 0.29) is 12.4 Å². The van der Waals surface area contributed by atoms with Crippen LogP contribution >= 0.6 is 0 Å². The minimum atomic E-state index is -0.242. The zero-order chi connectivity index (χ0) is 15.1. The van der Waals surface area contributed by atoms with E-state index in [4.69, 9.17) is 10.5 Å². The van der Waals surface area contributed by atoms with Gasteiger partial charge in [0, 0.05) is 24.7 Å². The fourth-order valence-corrected chi connectivity index (χ4v) is 1.86. The Morgan fingerprint density at radius 3 is 2.52 bits per heavy atom. The third kappa shape index (κ3) is 4.85. The molecule has 0 aromatic heterocycles. The quantitative estimate of drug-likeness (QED) is 0.823. The first-order chi connectivity index (χ1) is 10.2. The van der Waals surface area contributed by atoms with Crippen LogP contribution in [0, 0.1) is 5.82 Å². The number of hydrogen-bond acceptors (Lipinski definition) is 3. The van der Waals surface area contributed by atoms with Gasteiger partial charge >= 0.3 is 0 Å². The minimum Gasteiger partial charge on any atom is -0.489 e. The number of hydrogen-bond donors (Lipinski definition) is 2. The Bertz CT molecular complexity index is 557. The molecule has 0 aliphatic carbocycles. The summed E-state index contributed by atoms with van der Waals surface area (Å²) in [6, 6.07) is 14.7. The normalized spacial score (nSPS) is 12.1. The summed E-state index contributed by atoms with van der Waals surface area (Å²) in [7, 11) is 0. The van der Waals surface area contributed by atoms with Crippen molar-refractivity contribution < 1.29 is 9.13 Å². The summed E-state index contributed by atoms with van der Waals surface area (Å²) in [5.74, 6) is 0.489. The molecule has 0 heterocycles. The zero-order valence-electron chi connectivity index (χ0n) is 12.2. The molecule has 0 radical (unpaired) electrons. The van der Waals surface area contributed by atoms with Crippen molar-refractivity contribution in [3.8, 4) is 5.75 Å². The number of benzene rings is 2. The lowest BCUT2D eigenvalue weighted by Crippen LogP contribution is -2.32. The van der Waals surface area contributed by atoms with E-state index >= 15 is 0 Å². The van der Waals surface area contributed by atoms with Gasteiger partial charge in [-0.1, -0.05) is 30.3 Å². The maximum Gasteiger partial charge on any atom is 0.129 e. The number of ether oxygens (including phenoxy) is 1. The van der Waals surface area contributed by atoms with Gasteiger partial charge in [0.2, 0.25) is 0 Å². The largest absolute Gasteiger partial charge is 0.489 e. The molecule has 3 nitrogen and oxygen atoms in total. The lowest BCUT2D eigenvalue weighted by atomic mass is 10.2. The average molecular weight is 288 g/mol. The SMILES string of the molecule is CC(CN)NCc1ccc(OCc2ccccc2F)cc1. The molecule has 4 heteroatoms. The van der Waals surface area contributed by atoms with Gasteiger partial charge in [-0.2, -0.15) is 0 Å². The summed E-state index contributed by atoms with van der Waals surface area (Å²) < 4.78 is 19.1. The molecule has 0 aliphatic rings. The van der Waals surface area contributed by atoms with Gasteiger partial charge in [0.25, 0.3) is 0 Å². The van der Waals surface area contributed by atoms with E-state index < -0.39 is 0 Å². The maximum absolute atomic E-state index is 13.5. The van der Waals surface area contributed by atoms with Crippen molar-refractivity contribution in [1.29, 1.82) is 0 Å². The first kappa shape index (κ1) is 15.5. The van der Waals surface area contributed by atoms with Crippen LogP contribution in [-0.4, -0.2) is 12.6 Å². The monoisotopic (exact) mass is 288 g/mol. The van der Waals surface area contributed by atoms with Gasteiger partial charge in [-0.05, 0) is 30.7 Å². The zero-order valence-corrected chi connectivity index (χ0v) is 12.2. The Hall–Kier alpha value is -1.91. The molecule has 3 N–H and O–H groups in total. The molecular formula is C17H21FN2O. The molecule has 0 amide bonds. The molecular weight excluding hydrogens is 267 g/mol. The number of nitrogens with one attached hydrogen (secondary N) is 1. The fraction of sp³-hybridized carbons (Fsp3) is 0.294. The Labute approximate surface area is 124 Å². The lowest BCUT2D eigenvalue weighted by molar-refractivity contribution is 0.299. The number of halogens is 1. The van der Waals surface area contributed by atoms with E-state index in [1.54, 1.807) is 18.2 Å². The van der Waals surface area contributed by atoms with Crippen LogP contribution in [0.4, 0.5) is 4.39 Å². The van der Waals surface area contributed by atoms with Crippen molar-refractivity contribution in [2.24, 2.45) is 5.73 Å². The molecule has 0 saturated heterocycles. The molecule has 112 valence electrons. The highest BCUT2D eigenvalue weighted by Gasteiger charge is 2.02. The van der Waals surface area contributed by atoms with Crippen LogP contribution in [0.1, 0.15) is 18.1 Å². The molecule has 0 bridgehead atoms. The Kier molecular flexibility index (Phi) is 5.72. The van der Waals surface area contributed by atoms with E-state index in [0.29, 0.717) is 18.2 Å². The molecule has 21 heavy (non-hydrogen) atoms. The van der Waals surface area contributed by atoms with Crippen molar-refractivity contribution >= 4 is 0 Å². The van der Waals surface area contributed by atoms with E-state index in [9.17, 15) is 4.39 Å². The average Bonchev–Trinajstić information content (AvgIpc) is 2.53. The van der Waals surface area contributed by atoms with Gasteiger partial charge in [-0.3, -0.25) is 0 Å². The molecule has 1 atom stereocenters. The summed E-state index contributed by atoms with van der Waals surface area (Å²) in [5, 5.41) is 3.32. The highest BCUT2D eigenvalue weighted by Crippen LogP contribution is 2.15. The smallest absolute Gasteiger partial charge is 0.129 e. The van der Waals surface area contributed by atoms with Gasteiger partial charge < -0.3 is 15.8 Å². The minimum absolute atomic E-state index is 0.231. The van der Waals surface area contributed by atoms with Crippen molar-refractivity contribution in [2.45, 2.75) is 26.1 Å². The Balaban J connectivity index is 1.86. The van der Waals surface area contributed by atoms with Gasteiger partial charge in [0.1, 0.15) is 18.2 Å². The van der Waals surface area contributed by atoms with Gasteiger partial charge in [0.15, 0.2) is 0 Å². The van der Waals surface area contributed by atoms with Gasteiger partial charge in [-0.25, -0.2) is 4.39 Å². The number of rotatable bonds is 7. The van der Waals surface area contributed by atoms with Crippen molar-refractivity contribution in [3.05, 3.63) is 65.5 Å². The van der Waals surface area contributed by atoms with Gasteiger partial charge in [-0.15, -0.1) is 0 Å². The van der Waals surface area contributed by atoms with Gasteiger partial charge in [0.05, 0.1) is 0 Å². The summed E-state index contributed by atoms with van der Waals surface area (Å²) in [4.78, 5) is 0. The Morgan fingerprint density at radius 2 is 1.86 bits per heavy atom. The molecule has 0 aliphatic heterocycles. The van der Waals surface area contributed by atoms with Crippen molar-refractivity contribution in [2.75, 3.05) is 6.54 Å². The van der Waals surface area contributed by atoms with Crippen LogP contribution in [-0.2, 0) is 13.2 Å². The third-order valence-electron chi connectivity index (χ3n) is 3.28. The third-order valence-corrected chi connectivity index (χ3v) is 3.28. The topological polar surface area (TPSA) is 47.3 Å². The van der Waals surface area contributed by atoms with Crippen LogP contribution in [0.5, 0.6) is 5.75 Å². The maximum atomic E-state index is 13.5. The molecule has 0 saturated carbocycles. The predicted molar refractivity (Wildman–Crippen MR) is 82.5 cm³/mol. The van der Waals surface area contributed by atoms with Crippen molar-refractivity contribution in [3.63, 3.8) is 0 Å². The first-order valence-corrected chi connectivity index (χ1v) is 7.07. The standard InChI is InChI=1S/C17H21FN2O/c1-13(10-19)20-11-14-6-8-16(9-7-14)21-12-15-4-2-3-5-17(15)18/h2-9,13,20H,10-12,19H2,1H3. The molecule has 2 rings (SSSR count). The molecule has 2 aromatic rings. The van der Waals surface area contributed by atoms with Crippen LogP contribution in [0.15, 0.2) is 48.5 Å². The lowest BCUT2D eigenvalue weighted by Gasteiger charge is -2.12. The second kappa shape index (κ2) is 7.76. The van der Waals surface area contributed by atoms with Crippen LogP contribution < -0.4 is 15.8 Å². The van der Waals surface area contributed by atoms with Crippen LogP contribution in [0.25, 0.3) is 0 Å². The van der Waals surface area contributed by atoms with E-state index in [2.05, 4.69) is 5.32 Å². The fourth-order valence-electron chi connectivity index (χ4n) is 1.86. The summed E-state index contributed by atoms with van der Waals surface area (Å²) in [6.45, 7) is 3.66. The summed E-state index contributed by atoms with van der Waals surface area (Å²) >= 11 is 0. The summed E-state index contributed by atoms with van der Waals surface area (Å²) in [5.41, 5.74) is 7.27. The summed E-state index contributed by atoms with van der Waals surface area (Å²) in [6.07, 6.45) is 0. The van der Waals surface area contributed by atoms with Crippen LogP contribution in [0.3, 0.4) is 0 Å². The Morgan fingerprint density at radius 1 is 1.14 bits per heavy atom. The first-order valence-electron chi connectivity index (χ1n) is 7.07. The van der Waals surface area contributed by atoms with E-state index in [1.165, 1.54) is 6.07 Å². The molecule has 1 unspecified atom stereocenters. The second-order valence-corrected chi connectivity index (χ2v) is 5.04. The molecule has 2 aromatic carbocycles. The predicted octanol–water partition coefficient (Wildman–Crippen LogP) is 2.84. The van der Waals surface area contributed by atoms with Crippen LogP contribution in [0.2, 0.25) is 0 Å². The van der Waals surface area contributed by atoms with Crippen molar-refractivity contribution in [1.82, 2.24) is 5.32 Å². The highest BCUT2D eigenvalue weighted by molar-refractivity contribution is 5.28. The van der Waals surface area contributed by atoms with E-state index in [0.717, 1.165) is 17.9 Å².